The molecule has 0 bridgehead atoms. The molecule has 3 atom stereocenters. The van der Waals surface area contributed by atoms with E-state index in [4.69, 9.17) is 0 Å². The van der Waals surface area contributed by atoms with E-state index in [-0.39, 0.29) is 46.9 Å². The van der Waals surface area contributed by atoms with Crippen LogP contribution in [-0.4, -0.2) is 70.3 Å². The van der Waals surface area contributed by atoms with Crippen LogP contribution in [0.25, 0.3) is 0 Å². The summed E-state index contributed by atoms with van der Waals surface area (Å²) in [6, 6.07) is 5.84. The van der Waals surface area contributed by atoms with Crippen LogP contribution >= 0.6 is 0 Å². The first-order valence-electron chi connectivity index (χ1n) is 9.42. The SMILES string of the molecule is CN(C)C(=O)N1C[C@H]2CN(C(=O)c3c[nH]c(=O)cn3)C[C@H]2[C@@H]1c1cccc(F)c1. The van der Waals surface area contributed by atoms with Crippen LogP contribution in [0.1, 0.15) is 22.1 Å². The lowest BCUT2D eigenvalue weighted by Gasteiger charge is -2.31. The van der Waals surface area contributed by atoms with E-state index in [1.54, 1.807) is 30.0 Å². The average Bonchev–Trinajstić information content (AvgIpc) is 3.25. The molecule has 9 heteroatoms. The third-order valence-corrected chi connectivity index (χ3v) is 5.66. The maximum absolute atomic E-state index is 13.9. The molecule has 3 heterocycles. The van der Waals surface area contributed by atoms with Crippen LogP contribution in [0.15, 0.2) is 41.5 Å². The Morgan fingerprint density at radius 1 is 1.24 bits per heavy atom. The number of carbonyl (C=O) groups excluding carboxylic acids is 2. The number of nitrogens with zero attached hydrogens (tertiary/aromatic N) is 4. The summed E-state index contributed by atoms with van der Waals surface area (Å²) < 4.78 is 13.9. The van der Waals surface area contributed by atoms with E-state index < -0.39 is 0 Å². The number of aromatic amines is 1. The number of rotatable bonds is 2. The van der Waals surface area contributed by atoms with Gasteiger partial charge >= 0.3 is 6.03 Å². The molecule has 8 nitrogen and oxygen atoms in total. The van der Waals surface area contributed by atoms with Crippen molar-refractivity contribution in [1.29, 1.82) is 0 Å². The summed E-state index contributed by atoms with van der Waals surface area (Å²) in [5, 5.41) is 0. The van der Waals surface area contributed by atoms with Gasteiger partial charge < -0.3 is 19.7 Å². The zero-order chi connectivity index (χ0) is 20.7. The summed E-state index contributed by atoms with van der Waals surface area (Å²) in [5.74, 6) is -0.544. The van der Waals surface area contributed by atoms with E-state index in [0.29, 0.717) is 19.6 Å². The lowest BCUT2D eigenvalue weighted by Crippen LogP contribution is -2.42. The second-order valence-electron chi connectivity index (χ2n) is 7.76. The number of urea groups is 1. The minimum atomic E-state index is -0.371. The molecule has 0 unspecified atom stereocenters. The molecule has 2 fully saturated rings. The van der Waals surface area contributed by atoms with Crippen molar-refractivity contribution in [3.05, 3.63) is 64.1 Å². The van der Waals surface area contributed by atoms with E-state index in [1.165, 1.54) is 23.2 Å². The molecule has 3 amide bonds. The standard InChI is InChI=1S/C20H22FN5O3/c1-24(2)20(29)26-10-13-9-25(19(28)16-7-23-17(27)8-22-16)11-15(13)18(26)12-4-3-5-14(21)6-12/h3-8,13,15,18H,9-11H2,1-2H3,(H,23,27)/t13-,15-,18+/m1/s1. The molecule has 1 aromatic heterocycles. The highest BCUT2D eigenvalue weighted by Gasteiger charge is 2.50. The van der Waals surface area contributed by atoms with Gasteiger partial charge in [-0.2, -0.15) is 0 Å². The van der Waals surface area contributed by atoms with Gasteiger partial charge in [-0.3, -0.25) is 9.59 Å². The molecule has 0 radical (unpaired) electrons. The summed E-state index contributed by atoms with van der Waals surface area (Å²) in [5.41, 5.74) is 0.529. The topological polar surface area (TPSA) is 89.6 Å². The molecule has 2 aromatic rings. The number of nitrogens with one attached hydrogen (secondary N) is 1. The van der Waals surface area contributed by atoms with Crippen molar-refractivity contribution in [3.63, 3.8) is 0 Å². The van der Waals surface area contributed by atoms with Crippen molar-refractivity contribution in [1.82, 2.24) is 24.7 Å². The van der Waals surface area contributed by atoms with Crippen LogP contribution in [0.3, 0.4) is 0 Å². The Morgan fingerprint density at radius 3 is 2.69 bits per heavy atom. The fraction of sp³-hybridized carbons (Fsp3) is 0.400. The molecular formula is C20H22FN5O3. The van der Waals surface area contributed by atoms with Gasteiger partial charge in [0.2, 0.25) is 0 Å². The van der Waals surface area contributed by atoms with Gasteiger partial charge in [-0.15, -0.1) is 0 Å². The lowest BCUT2D eigenvalue weighted by molar-refractivity contribution is 0.0760. The molecule has 152 valence electrons. The molecule has 2 aliphatic heterocycles. The normalized spacial score (nSPS) is 23.2. The zero-order valence-corrected chi connectivity index (χ0v) is 16.2. The molecular weight excluding hydrogens is 377 g/mol. The van der Waals surface area contributed by atoms with Gasteiger partial charge in [0, 0.05) is 51.8 Å². The van der Waals surface area contributed by atoms with Gasteiger partial charge in [-0.1, -0.05) is 12.1 Å². The summed E-state index contributed by atoms with van der Waals surface area (Å²) in [6.07, 6.45) is 2.39. The highest BCUT2D eigenvalue weighted by Crippen LogP contribution is 2.45. The predicted molar refractivity (Wildman–Crippen MR) is 103 cm³/mol. The van der Waals surface area contributed by atoms with Gasteiger partial charge in [0.25, 0.3) is 11.5 Å². The minimum Gasteiger partial charge on any atom is -0.337 e. The first-order valence-corrected chi connectivity index (χ1v) is 9.42. The monoisotopic (exact) mass is 399 g/mol. The first-order chi connectivity index (χ1) is 13.8. The molecule has 0 aliphatic carbocycles. The molecule has 2 saturated heterocycles. The Bertz CT molecular complexity index is 987. The van der Waals surface area contributed by atoms with Gasteiger partial charge in [-0.05, 0) is 17.7 Å². The van der Waals surface area contributed by atoms with Crippen LogP contribution in [0.5, 0.6) is 0 Å². The quantitative estimate of drug-likeness (QED) is 0.825. The van der Waals surface area contributed by atoms with E-state index in [2.05, 4.69) is 9.97 Å². The maximum Gasteiger partial charge on any atom is 0.320 e. The van der Waals surface area contributed by atoms with Crippen molar-refractivity contribution in [2.45, 2.75) is 6.04 Å². The smallest absolute Gasteiger partial charge is 0.320 e. The zero-order valence-electron chi connectivity index (χ0n) is 16.2. The Hall–Kier alpha value is -3.23. The van der Waals surface area contributed by atoms with Gasteiger partial charge in [0.05, 0.1) is 12.2 Å². The van der Waals surface area contributed by atoms with E-state index in [0.717, 1.165) is 11.8 Å². The van der Waals surface area contributed by atoms with Gasteiger partial charge in [0.15, 0.2) is 0 Å². The second-order valence-corrected chi connectivity index (χ2v) is 7.76. The summed E-state index contributed by atoms with van der Waals surface area (Å²) in [6.45, 7) is 1.40. The molecule has 1 aromatic carbocycles. The molecule has 0 spiro atoms. The van der Waals surface area contributed by atoms with Gasteiger partial charge in [-0.25, -0.2) is 14.2 Å². The number of likely N-dealkylation sites (tertiary alicyclic amines) is 2. The number of aromatic nitrogens is 2. The van der Waals surface area contributed by atoms with E-state index in [9.17, 15) is 18.8 Å². The van der Waals surface area contributed by atoms with E-state index >= 15 is 0 Å². The Labute approximate surface area is 166 Å². The van der Waals surface area contributed by atoms with Crippen LogP contribution in [0.2, 0.25) is 0 Å². The van der Waals surface area contributed by atoms with Crippen LogP contribution in [0.4, 0.5) is 9.18 Å². The van der Waals surface area contributed by atoms with Crippen LogP contribution < -0.4 is 5.56 Å². The number of hydrogen-bond donors (Lipinski definition) is 1. The number of fused-ring (bicyclic) bond motifs is 1. The van der Waals surface area contributed by atoms with Crippen molar-refractivity contribution < 1.29 is 14.0 Å². The first kappa shape index (κ1) is 19.1. The third-order valence-electron chi connectivity index (χ3n) is 5.66. The highest BCUT2D eigenvalue weighted by atomic mass is 19.1. The van der Waals surface area contributed by atoms with Crippen LogP contribution in [-0.2, 0) is 0 Å². The number of H-pyrrole nitrogens is 1. The molecule has 29 heavy (non-hydrogen) atoms. The second kappa shape index (κ2) is 7.31. The Morgan fingerprint density at radius 2 is 2.03 bits per heavy atom. The van der Waals surface area contributed by atoms with Crippen molar-refractivity contribution in [2.24, 2.45) is 11.8 Å². The maximum atomic E-state index is 13.9. The Balaban J connectivity index is 1.61. The Kier molecular flexibility index (Phi) is 4.81. The molecule has 1 N–H and O–H groups in total. The van der Waals surface area contributed by atoms with Crippen molar-refractivity contribution >= 4 is 11.9 Å². The molecule has 4 rings (SSSR count). The number of halogens is 1. The largest absolute Gasteiger partial charge is 0.337 e. The minimum absolute atomic E-state index is 0.00703. The fourth-order valence-electron chi connectivity index (χ4n) is 4.40. The third kappa shape index (κ3) is 3.48. The van der Waals surface area contributed by atoms with Crippen molar-refractivity contribution in [2.75, 3.05) is 33.7 Å². The summed E-state index contributed by atoms with van der Waals surface area (Å²) in [4.78, 5) is 48.1. The summed E-state index contributed by atoms with van der Waals surface area (Å²) in [7, 11) is 3.38. The lowest BCUT2D eigenvalue weighted by atomic mass is 9.89. The number of amides is 3. The van der Waals surface area contributed by atoms with Gasteiger partial charge in [0.1, 0.15) is 11.5 Å². The van der Waals surface area contributed by atoms with Crippen LogP contribution in [0, 0.1) is 17.7 Å². The molecule has 2 aliphatic rings. The highest BCUT2D eigenvalue weighted by molar-refractivity contribution is 5.92. The number of benzene rings is 1. The summed E-state index contributed by atoms with van der Waals surface area (Å²) >= 11 is 0. The van der Waals surface area contributed by atoms with Crippen molar-refractivity contribution in [3.8, 4) is 0 Å². The number of carbonyl (C=O) groups is 2. The molecule has 0 saturated carbocycles. The predicted octanol–water partition coefficient (Wildman–Crippen LogP) is 1.34. The number of hydrogen-bond acceptors (Lipinski definition) is 4. The average molecular weight is 399 g/mol. The van der Waals surface area contributed by atoms with E-state index in [1.807, 2.05) is 6.07 Å². The fourth-order valence-corrected chi connectivity index (χ4v) is 4.40.